The van der Waals surface area contributed by atoms with E-state index in [4.69, 9.17) is 9.59 Å². The third kappa shape index (κ3) is 17.0. The zero-order valence-corrected chi connectivity index (χ0v) is 47.8. The van der Waals surface area contributed by atoms with Gasteiger partial charge in [0.25, 0.3) is 0 Å². The molecule has 5 aromatic carbocycles. The molecule has 0 bridgehead atoms. The molecule has 0 amide bonds. The SMILES string of the molecule is O=C=O.[CH2-]CCC(=O)Cc1c(C)cc(C)c(Cc2ccc(C(c3ccc(S(=O)(=O)[O-])cc3S(=O)(=O)[O-])=c3ccc(=Cc4c(C)cc(C)c(CC(=O)CCCC(=O)[O-])c4C)cc3)cc2)c1C.[Na+].[Na+].[Na+]. The second kappa shape index (κ2) is 28.0. The summed E-state index contributed by atoms with van der Waals surface area (Å²) in [5.41, 5.74) is 11.5. The Labute approximate surface area is 465 Å². The van der Waals surface area contributed by atoms with E-state index in [0.29, 0.717) is 48.1 Å². The molecule has 0 aliphatic rings. The number of carboxylic acid groups (broad SMARTS) is 1. The molecule has 0 spiro atoms. The topological polar surface area (TPSA) is 223 Å². The molecule has 0 saturated carbocycles. The fraction of sp³-hybridized carbons (Fsp3) is 0.275. The van der Waals surface area contributed by atoms with E-state index in [-0.39, 0.29) is 138 Å². The molecule has 342 valence electrons. The minimum absolute atomic E-state index is 0. The maximum atomic E-state index is 12.8. The van der Waals surface area contributed by atoms with Crippen molar-refractivity contribution in [3.63, 3.8) is 0 Å². The molecule has 0 unspecified atom stereocenters. The van der Waals surface area contributed by atoms with E-state index in [1.807, 2.05) is 78.0 Å². The molecule has 0 N–H and O–H groups in total. The Kier molecular flexibility index (Phi) is 25.9. The van der Waals surface area contributed by atoms with Crippen LogP contribution in [-0.4, -0.2) is 49.6 Å². The van der Waals surface area contributed by atoms with E-state index in [9.17, 15) is 45.4 Å². The molecular weight excluding hydrogens is 938 g/mol. The summed E-state index contributed by atoms with van der Waals surface area (Å²) in [6.07, 6.45) is 4.33. The molecular formula is C51H50Na3O12S2-. The predicted octanol–water partition coefficient (Wildman–Crippen LogP) is -3.80. The number of carbonyl (C=O) groups excluding carboxylic acids is 5. The Balaban J connectivity index is 0.00000375. The fourth-order valence-corrected chi connectivity index (χ4v) is 9.49. The zero-order valence-electron chi connectivity index (χ0n) is 40.2. The molecule has 5 rings (SSSR count). The van der Waals surface area contributed by atoms with Gasteiger partial charge in [-0.15, -0.1) is 0 Å². The first kappa shape index (κ1) is 62.9. The van der Waals surface area contributed by atoms with Crippen molar-refractivity contribution in [2.45, 2.75) is 103 Å². The number of aliphatic carboxylic acids is 1. The van der Waals surface area contributed by atoms with Crippen molar-refractivity contribution in [1.29, 1.82) is 0 Å². The van der Waals surface area contributed by atoms with E-state index in [1.54, 1.807) is 24.3 Å². The molecule has 0 saturated heterocycles. The summed E-state index contributed by atoms with van der Waals surface area (Å²) in [5, 5.41) is 12.1. The van der Waals surface area contributed by atoms with Gasteiger partial charge in [-0.25, -0.2) is 16.8 Å². The average molecular weight is 988 g/mol. The Morgan fingerprint density at radius 3 is 1.66 bits per heavy atom. The first-order valence-electron chi connectivity index (χ1n) is 20.7. The molecule has 0 radical (unpaired) electrons. The van der Waals surface area contributed by atoms with Crippen LogP contribution in [-0.2, 0) is 63.5 Å². The van der Waals surface area contributed by atoms with Crippen LogP contribution >= 0.6 is 0 Å². The van der Waals surface area contributed by atoms with Gasteiger partial charge in [-0.1, -0.05) is 66.7 Å². The number of rotatable bonds is 17. The number of Topliss-reactive ketones (excluding diaryl/α,β-unsaturated/α-hetero) is 2. The molecule has 0 fully saturated rings. The number of hydrogen-bond donors (Lipinski definition) is 0. The third-order valence-corrected chi connectivity index (χ3v) is 13.1. The smallest absolute Gasteiger partial charge is 0.744 e. The van der Waals surface area contributed by atoms with Gasteiger partial charge in [0, 0.05) is 30.8 Å². The monoisotopic (exact) mass is 987 g/mol. The van der Waals surface area contributed by atoms with E-state index in [0.717, 1.165) is 78.5 Å². The quantitative estimate of drug-likeness (QED) is 0.0498. The minimum atomic E-state index is -5.30. The third-order valence-electron chi connectivity index (χ3n) is 11.4. The van der Waals surface area contributed by atoms with E-state index in [2.05, 4.69) is 13.0 Å². The van der Waals surface area contributed by atoms with Gasteiger partial charge in [0.15, 0.2) is 0 Å². The molecule has 0 aromatic heterocycles. The largest absolute Gasteiger partial charge is 1.00 e. The number of hydrogen-bond acceptors (Lipinski definition) is 12. The second-order valence-electron chi connectivity index (χ2n) is 16.0. The van der Waals surface area contributed by atoms with E-state index < -0.39 is 36.0 Å². The molecule has 17 heteroatoms. The van der Waals surface area contributed by atoms with Crippen LogP contribution in [0.3, 0.4) is 0 Å². The van der Waals surface area contributed by atoms with Gasteiger partial charge in [-0.2, -0.15) is 16.0 Å². The van der Waals surface area contributed by atoms with Crippen LogP contribution in [0.4, 0.5) is 0 Å². The maximum absolute atomic E-state index is 12.8. The zero-order chi connectivity index (χ0) is 48.4. The van der Waals surface area contributed by atoms with Crippen molar-refractivity contribution in [2.75, 3.05) is 0 Å². The normalized spacial score (nSPS) is 10.8. The van der Waals surface area contributed by atoms with E-state index >= 15 is 0 Å². The van der Waals surface area contributed by atoms with Gasteiger partial charge < -0.3 is 25.9 Å². The Hall–Kier alpha value is -3.15. The van der Waals surface area contributed by atoms with E-state index in [1.165, 1.54) is 0 Å². The summed E-state index contributed by atoms with van der Waals surface area (Å²) < 4.78 is 74.1. The van der Waals surface area contributed by atoms with Crippen LogP contribution in [0.1, 0.15) is 104 Å². The van der Waals surface area contributed by atoms with Gasteiger partial charge in [0.05, 0.1) is 9.79 Å². The standard InChI is InChI=1S/C50H53O10S2.CO2.3Na/c1-8-10-40(51)27-46-32(4)23-30(2)44(34(46)6)25-36-13-17-38(18-14-36)50(43-22-21-42(61(55,56)57)29-48(43)62(58,59)60)39-19-15-37(16-20-39)26-45-31(3)24-33(5)47(35(45)7)28-41(52)11-9-12-49(53)54;2-1-3;;;/h13-24,26,29H,1,8-12,25,27-28H2,2-7H3,(H,53,54)(H,55,56,57)(H,58,59,60);;;;/q-1;;3*+1/p-3. The molecule has 0 atom stereocenters. The summed E-state index contributed by atoms with van der Waals surface area (Å²) in [5.74, 6) is -1.14. The summed E-state index contributed by atoms with van der Waals surface area (Å²) in [6.45, 7) is 15.7. The van der Waals surface area contributed by atoms with Crippen molar-refractivity contribution in [2.24, 2.45) is 0 Å². The van der Waals surface area contributed by atoms with Gasteiger partial charge in [0.2, 0.25) is 0 Å². The van der Waals surface area contributed by atoms with Crippen LogP contribution in [0, 0.1) is 48.5 Å². The Morgan fingerprint density at radius 2 is 1.15 bits per heavy atom. The van der Waals surface area contributed by atoms with Crippen LogP contribution in [0.2, 0.25) is 0 Å². The minimum Gasteiger partial charge on any atom is -0.744 e. The molecule has 0 aliphatic heterocycles. The van der Waals surface area contributed by atoms with Crippen molar-refractivity contribution >= 4 is 55.6 Å². The van der Waals surface area contributed by atoms with Crippen molar-refractivity contribution < 1.29 is 144 Å². The molecule has 0 aliphatic carbocycles. The molecule has 12 nitrogen and oxygen atoms in total. The van der Waals surface area contributed by atoms with Crippen molar-refractivity contribution in [3.8, 4) is 0 Å². The van der Waals surface area contributed by atoms with Gasteiger partial charge >= 0.3 is 94.8 Å². The van der Waals surface area contributed by atoms with Crippen LogP contribution in [0.5, 0.6) is 0 Å². The average Bonchev–Trinajstić information content (AvgIpc) is 3.22. The number of carboxylic acids is 1. The molecule has 68 heavy (non-hydrogen) atoms. The Bertz CT molecular complexity index is 3030. The number of ketones is 2. The Morgan fingerprint density at radius 1 is 0.632 bits per heavy atom. The first-order valence-corrected chi connectivity index (χ1v) is 23.5. The van der Waals surface area contributed by atoms with Gasteiger partial charge in [-0.3, -0.25) is 9.59 Å². The maximum Gasteiger partial charge on any atom is 1.00 e. The summed E-state index contributed by atoms with van der Waals surface area (Å²) in [6, 6.07) is 21.3. The van der Waals surface area contributed by atoms with Crippen LogP contribution in [0.15, 0.2) is 88.7 Å². The van der Waals surface area contributed by atoms with Crippen molar-refractivity contribution in [3.05, 3.63) is 169 Å². The number of aryl methyl sites for hydroxylation is 4. The second-order valence-corrected chi connectivity index (χ2v) is 18.8. The summed E-state index contributed by atoms with van der Waals surface area (Å²) in [4.78, 5) is 50.8. The first-order chi connectivity index (χ1) is 30.5. The van der Waals surface area contributed by atoms with Crippen LogP contribution in [0.25, 0.3) is 11.6 Å². The fourth-order valence-electron chi connectivity index (χ4n) is 8.21. The van der Waals surface area contributed by atoms with Gasteiger partial charge in [-0.05, 0) is 168 Å². The van der Waals surface area contributed by atoms with Crippen LogP contribution < -0.4 is 104 Å². The number of carbonyl (C=O) groups is 3. The van der Waals surface area contributed by atoms with Crippen molar-refractivity contribution in [1.82, 2.24) is 0 Å². The predicted molar refractivity (Wildman–Crippen MR) is 240 cm³/mol. The molecule has 5 aromatic rings. The molecule has 0 heterocycles. The van der Waals surface area contributed by atoms with Gasteiger partial charge in [0.1, 0.15) is 31.8 Å². The summed E-state index contributed by atoms with van der Waals surface area (Å²) in [7, 11) is -10.4. The summed E-state index contributed by atoms with van der Waals surface area (Å²) >= 11 is 0. The number of benzene rings is 5.